The minimum Gasteiger partial charge on any atom is -0.370 e. The zero-order valence-electron chi connectivity index (χ0n) is 8.00. The highest BCUT2D eigenvalue weighted by atomic mass is 79.9. The van der Waals surface area contributed by atoms with E-state index in [1.54, 1.807) is 0 Å². The van der Waals surface area contributed by atoms with Gasteiger partial charge in [0.25, 0.3) is 0 Å². The van der Waals surface area contributed by atoms with Crippen molar-refractivity contribution in [3.63, 3.8) is 0 Å². The fourth-order valence-electron chi connectivity index (χ4n) is 1.62. The Labute approximate surface area is 95.6 Å². The molecule has 1 heterocycles. The van der Waals surface area contributed by atoms with Crippen molar-refractivity contribution >= 4 is 21.7 Å². The van der Waals surface area contributed by atoms with Crippen LogP contribution in [-0.4, -0.2) is 18.5 Å². The van der Waals surface area contributed by atoms with E-state index in [4.69, 9.17) is 4.74 Å². The molecule has 0 saturated carbocycles. The lowest BCUT2D eigenvalue weighted by Crippen LogP contribution is -2.19. The minimum atomic E-state index is -0.362. The van der Waals surface area contributed by atoms with E-state index in [0.29, 0.717) is 16.6 Å². The first-order valence-electron chi connectivity index (χ1n) is 4.79. The van der Waals surface area contributed by atoms with Gasteiger partial charge in [-0.3, -0.25) is 4.79 Å². The fourth-order valence-corrected chi connectivity index (χ4v) is 2.00. The number of benzene rings is 1. The summed E-state index contributed by atoms with van der Waals surface area (Å²) in [7, 11) is 0. The van der Waals surface area contributed by atoms with E-state index in [9.17, 15) is 9.18 Å². The molecular formula is C11H10BrFO2. The van der Waals surface area contributed by atoms with Crippen LogP contribution in [0.4, 0.5) is 4.39 Å². The summed E-state index contributed by atoms with van der Waals surface area (Å²) < 4.78 is 18.5. The van der Waals surface area contributed by atoms with Crippen molar-refractivity contribution in [1.82, 2.24) is 0 Å². The van der Waals surface area contributed by atoms with Gasteiger partial charge in [-0.15, -0.1) is 0 Å². The van der Waals surface area contributed by atoms with Crippen LogP contribution >= 0.6 is 15.9 Å². The lowest BCUT2D eigenvalue weighted by Gasteiger charge is -2.08. The van der Waals surface area contributed by atoms with Crippen LogP contribution in [-0.2, 0) is 4.74 Å². The Morgan fingerprint density at radius 2 is 2.33 bits per heavy atom. The standard InChI is InChI=1S/C11H10BrFO2/c12-8-6-7(3-4-9(8)13)11(14)10-2-1-5-15-10/h3-4,6,10H,1-2,5H2. The summed E-state index contributed by atoms with van der Waals surface area (Å²) in [6.45, 7) is 0.638. The second kappa shape index (κ2) is 4.41. The van der Waals surface area contributed by atoms with E-state index >= 15 is 0 Å². The maximum atomic E-state index is 12.9. The quantitative estimate of drug-likeness (QED) is 0.774. The normalized spacial score (nSPS) is 20.5. The van der Waals surface area contributed by atoms with Gasteiger partial charge in [-0.25, -0.2) is 4.39 Å². The molecular weight excluding hydrogens is 263 g/mol. The molecule has 0 bridgehead atoms. The molecule has 1 aromatic rings. The first-order valence-corrected chi connectivity index (χ1v) is 5.58. The Kier molecular flexibility index (Phi) is 3.17. The Morgan fingerprint density at radius 3 is 2.93 bits per heavy atom. The third-order valence-electron chi connectivity index (χ3n) is 2.43. The summed E-state index contributed by atoms with van der Waals surface area (Å²) in [4.78, 5) is 11.8. The van der Waals surface area contributed by atoms with Gasteiger partial charge in [-0.1, -0.05) is 0 Å². The molecule has 15 heavy (non-hydrogen) atoms. The first-order chi connectivity index (χ1) is 7.18. The second-order valence-corrected chi connectivity index (χ2v) is 4.35. The molecule has 1 atom stereocenters. The number of Topliss-reactive ketones (excluding diaryl/α,β-unsaturated/α-hetero) is 1. The van der Waals surface area contributed by atoms with Gasteiger partial charge in [-0.05, 0) is 47.0 Å². The van der Waals surface area contributed by atoms with Crippen molar-refractivity contribution in [2.24, 2.45) is 0 Å². The van der Waals surface area contributed by atoms with Crippen molar-refractivity contribution < 1.29 is 13.9 Å². The van der Waals surface area contributed by atoms with Gasteiger partial charge in [0.05, 0.1) is 4.47 Å². The lowest BCUT2D eigenvalue weighted by atomic mass is 10.0. The highest BCUT2D eigenvalue weighted by molar-refractivity contribution is 9.10. The van der Waals surface area contributed by atoms with Crippen molar-refractivity contribution in [2.45, 2.75) is 18.9 Å². The number of ether oxygens (including phenoxy) is 1. The Morgan fingerprint density at radius 1 is 1.53 bits per heavy atom. The van der Waals surface area contributed by atoms with Gasteiger partial charge < -0.3 is 4.74 Å². The molecule has 1 aliphatic heterocycles. The molecule has 2 rings (SSSR count). The average Bonchev–Trinajstić information content (AvgIpc) is 2.74. The molecule has 1 unspecified atom stereocenters. The van der Waals surface area contributed by atoms with Crippen molar-refractivity contribution in [3.05, 3.63) is 34.1 Å². The maximum absolute atomic E-state index is 12.9. The molecule has 0 radical (unpaired) electrons. The van der Waals surface area contributed by atoms with Crippen molar-refractivity contribution in [2.75, 3.05) is 6.61 Å². The number of hydrogen-bond acceptors (Lipinski definition) is 2. The van der Waals surface area contributed by atoms with Gasteiger partial charge in [0.2, 0.25) is 0 Å². The SMILES string of the molecule is O=C(c1ccc(F)c(Br)c1)C1CCCO1. The van der Waals surface area contributed by atoms with E-state index < -0.39 is 0 Å². The van der Waals surface area contributed by atoms with Crippen LogP contribution in [0, 0.1) is 5.82 Å². The Hall–Kier alpha value is -0.740. The van der Waals surface area contributed by atoms with Crippen LogP contribution in [0.3, 0.4) is 0 Å². The molecule has 1 saturated heterocycles. The molecule has 80 valence electrons. The monoisotopic (exact) mass is 272 g/mol. The zero-order chi connectivity index (χ0) is 10.8. The molecule has 1 aliphatic rings. The number of rotatable bonds is 2. The summed E-state index contributed by atoms with van der Waals surface area (Å²) in [5.41, 5.74) is 0.496. The van der Waals surface area contributed by atoms with E-state index in [1.807, 2.05) is 0 Å². The summed E-state index contributed by atoms with van der Waals surface area (Å²) in [6.07, 6.45) is 1.33. The van der Waals surface area contributed by atoms with Gasteiger partial charge in [0.15, 0.2) is 5.78 Å². The van der Waals surface area contributed by atoms with Crippen molar-refractivity contribution in [1.29, 1.82) is 0 Å². The Bertz CT molecular complexity index is 386. The summed E-state index contributed by atoms with van der Waals surface area (Å²) in [6, 6.07) is 4.27. The lowest BCUT2D eigenvalue weighted by molar-refractivity contribution is 0.0643. The summed E-state index contributed by atoms with van der Waals surface area (Å²) >= 11 is 3.05. The molecule has 1 fully saturated rings. The van der Waals surface area contributed by atoms with E-state index in [1.165, 1.54) is 18.2 Å². The Balaban J connectivity index is 2.21. The second-order valence-electron chi connectivity index (χ2n) is 3.49. The topological polar surface area (TPSA) is 26.3 Å². The summed E-state index contributed by atoms with van der Waals surface area (Å²) in [5.74, 6) is -0.424. The number of hydrogen-bond donors (Lipinski definition) is 0. The fraction of sp³-hybridized carbons (Fsp3) is 0.364. The molecule has 0 spiro atoms. The molecule has 1 aromatic carbocycles. The third-order valence-corrected chi connectivity index (χ3v) is 3.03. The first kappa shape index (κ1) is 10.8. The number of carbonyl (C=O) groups excluding carboxylic acids is 1. The van der Waals surface area contributed by atoms with Crippen LogP contribution < -0.4 is 0 Å². The van der Waals surface area contributed by atoms with Crippen LogP contribution in [0.25, 0.3) is 0 Å². The van der Waals surface area contributed by atoms with Crippen LogP contribution in [0.1, 0.15) is 23.2 Å². The third kappa shape index (κ3) is 2.26. The van der Waals surface area contributed by atoms with Crippen molar-refractivity contribution in [3.8, 4) is 0 Å². The largest absolute Gasteiger partial charge is 0.370 e. The number of halogens is 2. The zero-order valence-corrected chi connectivity index (χ0v) is 9.59. The highest BCUT2D eigenvalue weighted by Gasteiger charge is 2.24. The molecule has 0 amide bonds. The summed E-state index contributed by atoms with van der Waals surface area (Å²) in [5, 5.41) is 0. The van der Waals surface area contributed by atoms with E-state index in [2.05, 4.69) is 15.9 Å². The van der Waals surface area contributed by atoms with E-state index in [-0.39, 0.29) is 17.7 Å². The van der Waals surface area contributed by atoms with E-state index in [0.717, 1.165) is 12.8 Å². The van der Waals surface area contributed by atoms with Gasteiger partial charge in [0, 0.05) is 12.2 Å². The van der Waals surface area contributed by atoms with Crippen LogP contribution in [0.2, 0.25) is 0 Å². The molecule has 4 heteroatoms. The average molecular weight is 273 g/mol. The molecule has 2 nitrogen and oxygen atoms in total. The molecule has 0 aliphatic carbocycles. The maximum Gasteiger partial charge on any atom is 0.191 e. The predicted molar refractivity (Wildman–Crippen MR) is 57.4 cm³/mol. The smallest absolute Gasteiger partial charge is 0.191 e. The van der Waals surface area contributed by atoms with Gasteiger partial charge in [0.1, 0.15) is 11.9 Å². The molecule has 0 aromatic heterocycles. The van der Waals surface area contributed by atoms with Crippen LogP contribution in [0.5, 0.6) is 0 Å². The number of ketones is 1. The minimum absolute atomic E-state index is 0.0619. The number of carbonyl (C=O) groups is 1. The van der Waals surface area contributed by atoms with Gasteiger partial charge in [-0.2, -0.15) is 0 Å². The van der Waals surface area contributed by atoms with Crippen LogP contribution in [0.15, 0.2) is 22.7 Å². The van der Waals surface area contributed by atoms with Gasteiger partial charge >= 0.3 is 0 Å². The molecule has 0 N–H and O–H groups in total. The highest BCUT2D eigenvalue weighted by Crippen LogP contribution is 2.21. The predicted octanol–water partition coefficient (Wildman–Crippen LogP) is 2.95.